The zero-order valence-electron chi connectivity index (χ0n) is 4.18. The van der Waals surface area contributed by atoms with Crippen LogP contribution < -0.4 is 5.32 Å². The molecule has 40 valence electrons. The average molecular weight is 99.1 g/mol. The van der Waals surface area contributed by atoms with Gasteiger partial charge >= 0.3 is 0 Å². The highest BCUT2D eigenvalue weighted by atomic mass is 16.5. The van der Waals surface area contributed by atoms with E-state index >= 15 is 0 Å². The van der Waals surface area contributed by atoms with Crippen LogP contribution in [0.25, 0.3) is 0 Å². The van der Waals surface area contributed by atoms with Crippen LogP contribution in [0.1, 0.15) is 0 Å². The van der Waals surface area contributed by atoms with Gasteiger partial charge in [-0.25, -0.2) is 0 Å². The van der Waals surface area contributed by atoms with Crippen molar-refractivity contribution in [1.29, 1.82) is 0 Å². The van der Waals surface area contributed by atoms with Crippen LogP contribution in [-0.4, -0.2) is 25.8 Å². The summed E-state index contributed by atoms with van der Waals surface area (Å²) in [5.41, 5.74) is 0. The van der Waals surface area contributed by atoms with Crippen molar-refractivity contribution in [2.45, 2.75) is 6.10 Å². The van der Waals surface area contributed by atoms with E-state index in [1.165, 1.54) is 6.54 Å². The SMILES string of the molecule is C1NCC2OCC12. The summed E-state index contributed by atoms with van der Waals surface area (Å²) in [5.74, 6) is 0.861. The Bertz CT molecular complexity index is 74.1. The highest BCUT2D eigenvalue weighted by Gasteiger charge is 2.35. The van der Waals surface area contributed by atoms with Crippen LogP contribution in [-0.2, 0) is 4.74 Å². The molecule has 2 unspecified atom stereocenters. The lowest BCUT2D eigenvalue weighted by Crippen LogP contribution is -2.37. The fraction of sp³-hybridized carbons (Fsp3) is 1.00. The van der Waals surface area contributed by atoms with E-state index in [0.29, 0.717) is 6.10 Å². The van der Waals surface area contributed by atoms with E-state index in [-0.39, 0.29) is 0 Å². The summed E-state index contributed by atoms with van der Waals surface area (Å²) in [6, 6.07) is 0. The number of nitrogens with one attached hydrogen (secondary N) is 1. The predicted molar refractivity (Wildman–Crippen MR) is 26.1 cm³/mol. The van der Waals surface area contributed by atoms with Gasteiger partial charge in [-0.05, 0) is 0 Å². The van der Waals surface area contributed by atoms with Crippen LogP contribution in [0.2, 0.25) is 0 Å². The van der Waals surface area contributed by atoms with Crippen LogP contribution in [0, 0.1) is 5.92 Å². The molecular weight excluding hydrogens is 90.1 g/mol. The van der Waals surface area contributed by atoms with Gasteiger partial charge in [0, 0.05) is 19.0 Å². The summed E-state index contributed by atoms with van der Waals surface area (Å²) in [5, 5.41) is 3.26. The second-order valence-electron chi connectivity index (χ2n) is 2.29. The van der Waals surface area contributed by atoms with E-state index in [1.54, 1.807) is 0 Å². The highest BCUT2D eigenvalue weighted by molar-refractivity contribution is 4.87. The molecular formula is C5H9NO. The first-order valence-corrected chi connectivity index (χ1v) is 2.79. The van der Waals surface area contributed by atoms with Crippen molar-refractivity contribution in [3.63, 3.8) is 0 Å². The molecule has 0 aromatic carbocycles. The molecule has 0 spiro atoms. The smallest absolute Gasteiger partial charge is 0.0761 e. The second kappa shape index (κ2) is 1.20. The van der Waals surface area contributed by atoms with Crippen molar-refractivity contribution in [1.82, 2.24) is 5.32 Å². The van der Waals surface area contributed by atoms with Gasteiger partial charge in [0.05, 0.1) is 12.7 Å². The lowest BCUT2D eigenvalue weighted by Gasteiger charge is -2.29. The zero-order chi connectivity index (χ0) is 4.69. The molecule has 2 heterocycles. The molecule has 0 aromatic heterocycles. The third kappa shape index (κ3) is 0.409. The maximum Gasteiger partial charge on any atom is 0.0761 e. The van der Waals surface area contributed by atoms with Crippen molar-refractivity contribution >= 4 is 0 Å². The molecule has 2 aliphatic rings. The van der Waals surface area contributed by atoms with Crippen molar-refractivity contribution in [2.75, 3.05) is 19.7 Å². The molecule has 2 aliphatic heterocycles. The Morgan fingerprint density at radius 1 is 1.43 bits per heavy atom. The molecule has 0 saturated carbocycles. The van der Waals surface area contributed by atoms with E-state index < -0.39 is 0 Å². The van der Waals surface area contributed by atoms with E-state index in [2.05, 4.69) is 5.32 Å². The van der Waals surface area contributed by atoms with Gasteiger partial charge in [-0.3, -0.25) is 0 Å². The van der Waals surface area contributed by atoms with Gasteiger partial charge in [-0.2, -0.15) is 0 Å². The largest absolute Gasteiger partial charge is 0.376 e. The molecule has 2 heteroatoms. The Labute approximate surface area is 42.9 Å². The van der Waals surface area contributed by atoms with Gasteiger partial charge < -0.3 is 10.1 Å². The molecule has 0 radical (unpaired) electrons. The summed E-state index contributed by atoms with van der Waals surface area (Å²) in [4.78, 5) is 0. The molecule has 2 saturated heterocycles. The first-order valence-electron chi connectivity index (χ1n) is 2.79. The number of fused-ring (bicyclic) bond motifs is 1. The van der Waals surface area contributed by atoms with E-state index in [0.717, 1.165) is 19.1 Å². The highest BCUT2D eigenvalue weighted by Crippen LogP contribution is 2.22. The van der Waals surface area contributed by atoms with E-state index in [1.807, 2.05) is 0 Å². The Kier molecular flexibility index (Phi) is 0.664. The number of rotatable bonds is 0. The van der Waals surface area contributed by atoms with Gasteiger partial charge in [0.25, 0.3) is 0 Å². The molecule has 1 N–H and O–H groups in total. The minimum Gasteiger partial charge on any atom is -0.376 e. The summed E-state index contributed by atoms with van der Waals surface area (Å²) in [6.07, 6.45) is 0.583. The summed E-state index contributed by atoms with van der Waals surface area (Å²) in [7, 11) is 0. The minimum atomic E-state index is 0.583. The lowest BCUT2D eigenvalue weighted by atomic mass is 10.0. The standard InChI is InChI=1S/C5H9NO/c1-4-3-7-5(4)2-6-1/h4-6H,1-3H2. The van der Waals surface area contributed by atoms with E-state index in [4.69, 9.17) is 4.74 Å². The normalized spacial score (nSPS) is 48.0. The van der Waals surface area contributed by atoms with Gasteiger partial charge in [-0.15, -0.1) is 0 Å². The van der Waals surface area contributed by atoms with Crippen molar-refractivity contribution in [3.05, 3.63) is 0 Å². The van der Waals surface area contributed by atoms with Gasteiger partial charge in [-0.1, -0.05) is 0 Å². The Morgan fingerprint density at radius 3 is 2.71 bits per heavy atom. The fourth-order valence-electron chi connectivity index (χ4n) is 1.20. The molecule has 0 aliphatic carbocycles. The first kappa shape index (κ1) is 3.87. The average Bonchev–Trinajstić information content (AvgIpc) is 1.85. The molecule has 0 aromatic rings. The molecule has 7 heavy (non-hydrogen) atoms. The third-order valence-electron chi connectivity index (χ3n) is 1.80. The Balaban J connectivity index is 2.03. The molecule has 2 fully saturated rings. The van der Waals surface area contributed by atoms with Crippen LogP contribution in [0.3, 0.4) is 0 Å². The summed E-state index contributed by atoms with van der Waals surface area (Å²) >= 11 is 0. The van der Waals surface area contributed by atoms with Gasteiger partial charge in [0.2, 0.25) is 0 Å². The van der Waals surface area contributed by atoms with Crippen LogP contribution in [0.5, 0.6) is 0 Å². The molecule has 0 bridgehead atoms. The van der Waals surface area contributed by atoms with Crippen LogP contribution in [0.4, 0.5) is 0 Å². The molecule has 2 rings (SSSR count). The fourth-order valence-corrected chi connectivity index (χ4v) is 1.20. The second-order valence-corrected chi connectivity index (χ2v) is 2.29. The quantitative estimate of drug-likeness (QED) is 0.446. The monoisotopic (exact) mass is 99.1 g/mol. The number of hydrogen-bond acceptors (Lipinski definition) is 2. The molecule has 2 nitrogen and oxygen atoms in total. The maximum absolute atomic E-state index is 5.19. The van der Waals surface area contributed by atoms with Crippen molar-refractivity contribution in [2.24, 2.45) is 5.92 Å². The van der Waals surface area contributed by atoms with Crippen LogP contribution in [0.15, 0.2) is 0 Å². The molecule has 0 amide bonds. The minimum absolute atomic E-state index is 0.583. The Morgan fingerprint density at radius 2 is 2.43 bits per heavy atom. The third-order valence-corrected chi connectivity index (χ3v) is 1.80. The maximum atomic E-state index is 5.19. The molecule has 2 atom stereocenters. The van der Waals surface area contributed by atoms with Crippen LogP contribution >= 0.6 is 0 Å². The number of hydrogen-bond donors (Lipinski definition) is 1. The Hall–Kier alpha value is -0.0800. The zero-order valence-corrected chi connectivity index (χ0v) is 4.18. The van der Waals surface area contributed by atoms with Crippen molar-refractivity contribution < 1.29 is 4.74 Å². The predicted octanol–water partition coefficient (Wildman–Crippen LogP) is -0.395. The summed E-state index contributed by atoms with van der Waals surface area (Å²) in [6.45, 7) is 3.27. The van der Waals surface area contributed by atoms with Gasteiger partial charge in [0.1, 0.15) is 0 Å². The summed E-state index contributed by atoms with van der Waals surface area (Å²) < 4.78 is 5.19. The topological polar surface area (TPSA) is 21.3 Å². The lowest BCUT2D eigenvalue weighted by molar-refractivity contribution is -0.0827. The van der Waals surface area contributed by atoms with Crippen molar-refractivity contribution in [3.8, 4) is 0 Å². The number of ether oxygens (including phenoxy) is 1. The van der Waals surface area contributed by atoms with Gasteiger partial charge in [0.15, 0.2) is 0 Å². The first-order chi connectivity index (χ1) is 3.47. The van der Waals surface area contributed by atoms with E-state index in [9.17, 15) is 0 Å².